The van der Waals surface area contributed by atoms with Crippen molar-refractivity contribution in [3.63, 3.8) is 0 Å². The highest BCUT2D eigenvalue weighted by Crippen LogP contribution is 2.26. The minimum Gasteiger partial charge on any atom is -0.448 e. The minimum atomic E-state index is -3.65. The number of thioether (sulfide) groups is 1. The van der Waals surface area contributed by atoms with Crippen LogP contribution in [0.2, 0.25) is 0 Å². The monoisotopic (exact) mass is 786 g/mol. The first kappa shape index (κ1) is 39.0. The standard InChI is InChI=1S/C15H11F2N3O4S.C15H11F2N3O2S.CH2Cl2/c1-20-13-8(7-18-15(19-13)25(2,22)23)5-12(14(20)21)24-11-4-3-9(16)6-10(11)17;1-20-13-8(7-18-15(19-13)23-2)5-12(14(20)21)22-11-4-3-9(16)6-10(11)17;2-1-3/h3-7H,1-2H3;3-7H,1-2H3;1H2. The number of aryl methyl sites for hydroxylation is 2. The Kier molecular flexibility index (Phi) is 12.6. The second kappa shape index (κ2) is 16.5. The number of aromatic nitrogens is 6. The molecule has 0 amide bonds. The number of halogens is 6. The van der Waals surface area contributed by atoms with Crippen LogP contribution in [0.4, 0.5) is 17.6 Å². The van der Waals surface area contributed by atoms with Crippen molar-refractivity contribution >= 4 is 66.9 Å². The first-order valence-corrected chi connectivity index (χ1v) is 18.1. The summed E-state index contributed by atoms with van der Waals surface area (Å²) in [5, 5.41) is 1.19. The summed E-state index contributed by atoms with van der Waals surface area (Å²) in [4.78, 5) is 40.7. The number of pyridine rings is 2. The van der Waals surface area contributed by atoms with Crippen molar-refractivity contribution in [1.29, 1.82) is 0 Å². The Bertz CT molecular complexity index is 2490. The van der Waals surface area contributed by atoms with Crippen LogP contribution in [0, 0.1) is 23.3 Å². The molecule has 2 aromatic carbocycles. The third-order valence-corrected chi connectivity index (χ3v) is 7.95. The second-order valence-electron chi connectivity index (χ2n) is 10.0. The van der Waals surface area contributed by atoms with Crippen LogP contribution >= 0.6 is 35.0 Å². The molecule has 0 fully saturated rings. The maximum Gasteiger partial charge on any atom is 0.294 e. The number of hydrogen-bond donors (Lipinski definition) is 0. The zero-order valence-corrected chi connectivity index (χ0v) is 29.8. The molecule has 6 aromatic rings. The van der Waals surface area contributed by atoms with Gasteiger partial charge in [0.05, 0.1) is 5.34 Å². The second-order valence-corrected chi connectivity index (χ2v) is 13.5. The van der Waals surface area contributed by atoms with E-state index in [1.54, 1.807) is 6.20 Å². The molecular weight excluding hydrogens is 763 g/mol. The molecule has 12 nitrogen and oxygen atoms in total. The van der Waals surface area contributed by atoms with E-state index < -0.39 is 49.4 Å². The van der Waals surface area contributed by atoms with E-state index in [2.05, 4.69) is 19.9 Å². The maximum absolute atomic E-state index is 13.7. The molecule has 6 rings (SSSR count). The van der Waals surface area contributed by atoms with Crippen molar-refractivity contribution in [3.8, 4) is 23.0 Å². The Balaban J connectivity index is 0.000000213. The Labute approximate surface area is 300 Å². The quantitative estimate of drug-likeness (QED) is 0.0806. The summed E-state index contributed by atoms with van der Waals surface area (Å²) in [7, 11) is -0.750. The summed E-state index contributed by atoms with van der Waals surface area (Å²) in [5.74, 6) is -4.25. The number of fused-ring (bicyclic) bond motifs is 2. The first-order chi connectivity index (χ1) is 24.1. The molecule has 0 atom stereocenters. The molecule has 0 saturated heterocycles. The van der Waals surface area contributed by atoms with Gasteiger partial charge in [0.2, 0.25) is 15.0 Å². The lowest BCUT2D eigenvalue weighted by molar-refractivity contribution is 0.430. The summed E-state index contributed by atoms with van der Waals surface area (Å²) < 4.78 is 89.2. The Morgan fingerprint density at radius 2 is 1.16 bits per heavy atom. The fraction of sp³-hybridized carbons (Fsp3) is 0.161. The fourth-order valence-corrected chi connectivity index (χ4v) is 5.01. The normalized spacial score (nSPS) is 11.0. The van der Waals surface area contributed by atoms with Gasteiger partial charge in [-0.2, -0.15) is 4.98 Å². The molecule has 0 N–H and O–H groups in total. The summed E-state index contributed by atoms with van der Waals surface area (Å²) in [6, 6.07) is 8.23. The van der Waals surface area contributed by atoms with Crippen molar-refractivity contribution in [1.82, 2.24) is 29.1 Å². The summed E-state index contributed by atoms with van der Waals surface area (Å²) >= 11 is 10.9. The van der Waals surface area contributed by atoms with Gasteiger partial charge in [0.15, 0.2) is 39.8 Å². The number of nitrogens with zero attached hydrogens (tertiary/aromatic N) is 6. The van der Waals surface area contributed by atoms with Gasteiger partial charge < -0.3 is 9.47 Å². The number of rotatable bonds is 6. The van der Waals surface area contributed by atoms with E-state index in [0.29, 0.717) is 33.7 Å². The van der Waals surface area contributed by atoms with E-state index in [0.717, 1.165) is 35.1 Å². The average molecular weight is 788 g/mol. The molecule has 268 valence electrons. The maximum atomic E-state index is 13.7. The predicted octanol–water partition coefficient (Wildman–Crippen LogP) is 6.34. The van der Waals surface area contributed by atoms with Gasteiger partial charge in [0.25, 0.3) is 11.1 Å². The molecule has 0 aliphatic carbocycles. The van der Waals surface area contributed by atoms with Gasteiger partial charge in [-0.1, -0.05) is 11.8 Å². The average Bonchev–Trinajstić information content (AvgIpc) is 3.08. The molecule has 4 heterocycles. The Morgan fingerprint density at radius 3 is 1.57 bits per heavy atom. The van der Waals surface area contributed by atoms with Crippen LogP contribution in [-0.4, -0.2) is 55.3 Å². The molecule has 4 aromatic heterocycles. The number of benzene rings is 2. The molecule has 0 aliphatic heterocycles. The van der Waals surface area contributed by atoms with Crippen LogP contribution < -0.4 is 20.6 Å². The third-order valence-electron chi connectivity index (χ3n) is 6.53. The Morgan fingerprint density at radius 1 is 0.725 bits per heavy atom. The molecule has 0 aliphatic rings. The van der Waals surface area contributed by atoms with Gasteiger partial charge in [0.1, 0.15) is 22.9 Å². The highest BCUT2D eigenvalue weighted by atomic mass is 35.5. The van der Waals surface area contributed by atoms with Gasteiger partial charge in [0, 0.05) is 55.6 Å². The van der Waals surface area contributed by atoms with Crippen LogP contribution in [0.3, 0.4) is 0 Å². The third kappa shape index (κ3) is 9.32. The van der Waals surface area contributed by atoms with Crippen molar-refractivity contribution in [2.45, 2.75) is 10.3 Å². The van der Waals surface area contributed by atoms with Gasteiger partial charge >= 0.3 is 0 Å². The molecule has 0 spiro atoms. The topological polar surface area (TPSA) is 148 Å². The molecule has 51 heavy (non-hydrogen) atoms. The fourth-order valence-electron chi connectivity index (χ4n) is 4.18. The molecule has 20 heteroatoms. The highest BCUT2D eigenvalue weighted by molar-refractivity contribution is 7.98. The number of hydrogen-bond acceptors (Lipinski definition) is 11. The largest absolute Gasteiger partial charge is 0.448 e. The molecular formula is C31H24Cl2F4N6O6S2. The van der Waals surface area contributed by atoms with Gasteiger partial charge in [-0.05, 0) is 42.7 Å². The lowest BCUT2D eigenvalue weighted by Gasteiger charge is -2.10. The summed E-state index contributed by atoms with van der Waals surface area (Å²) in [6.07, 6.45) is 5.54. The predicted molar refractivity (Wildman–Crippen MR) is 184 cm³/mol. The van der Waals surface area contributed by atoms with Gasteiger partial charge in [-0.3, -0.25) is 18.7 Å². The molecule has 0 saturated carbocycles. The van der Waals surface area contributed by atoms with E-state index in [9.17, 15) is 35.6 Å². The van der Waals surface area contributed by atoms with Crippen molar-refractivity contribution < 1.29 is 35.5 Å². The van der Waals surface area contributed by atoms with Crippen LogP contribution in [0.25, 0.3) is 22.1 Å². The number of ether oxygens (including phenoxy) is 2. The van der Waals surface area contributed by atoms with E-state index in [1.807, 2.05) is 6.26 Å². The zero-order chi connectivity index (χ0) is 37.6. The minimum absolute atomic E-state index is 0.0763. The van der Waals surface area contributed by atoms with Crippen molar-refractivity contribution in [3.05, 3.63) is 105 Å². The highest BCUT2D eigenvalue weighted by Gasteiger charge is 2.17. The van der Waals surface area contributed by atoms with Crippen LogP contribution in [0.5, 0.6) is 23.0 Å². The molecule has 0 bridgehead atoms. The van der Waals surface area contributed by atoms with Crippen LogP contribution in [-0.2, 0) is 23.9 Å². The smallest absolute Gasteiger partial charge is 0.294 e. The summed E-state index contributed by atoms with van der Waals surface area (Å²) in [5.41, 5.74) is -0.630. The SMILES string of the molecule is CSc1ncc2cc(Oc3ccc(F)cc3F)c(=O)n(C)c2n1.ClCCl.Cn1c(=O)c(Oc2ccc(F)cc2F)cc2cnc(S(C)(=O)=O)nc21. The van der Waals surface area contributed by atoms with Gasteiger partial charge in [-0.15, -0.1) is 23.2 Å². The van der Waals surface area contributed by atoms with E-state index in [4.69, 9.17) is 32.7 Å². The lowest BCUT2D eigenvalue weighted by Crippen LogP contribution is -2.20. The Hall–Kier alpha value is -4.78. The van der Waals surface area contributed by atoms with Gasteiger partial charge in [-0.25, -0.2) is 40.9 Å². The van der Waals surface area contributed by atoms with E-state index in [1.165, 1.54) is 48.8 Å². The first-order valence-electron chi connectivity index (χ1n) is 13.9. The van der Waals surface area contributed by atoms with Crippen molar-refractivity contribution in [2.24, 2.45) is 14.1 Å². The van der Waals surface area contributed by atoms with Crippen LogP contribution in [0.1, 0.15) is 0 Å². The van der Waals surface area contributed by atoms with Crippen molar-refractivity contribution in [2.75, 3.05) is 17.9 Å². The number of alkyl halides is 2. The van der Waals surface area contributed by atoms with E-state index >= 15 is 0 Å². The number of sulfone groups is 1. The van der Waals surface area contributed by atoms with E-state index in [-0.39, 0.29) is 34.0 Å². The van der Waals surface area contributed by atoms with Crippen LogP contribution in [0.15, 0.2) is 80.8 Å². The lowest BCUT2D eigenvalue weighted by atomic mass is 10.3. The molecule has 0 unspecified atom stereocenters. The summed E-state index contributed by atoms with van der Waals surface area (Å²) in [6.45, 7) is 0. The molecule has 0 radical (unpaired) electrons. The zero-order valence-electron chi connectivity index (χ0n) is 26.7.